The molecule has 92 valence electrons. The first kappa shape index (κ1) is 12.0. The highest BCUT2D eigenvalue weighted by Crippen LogP contribution is 2.50. The van der Waals surface area contributed by atoms with Crippen LogP contribution in [0, 0.1) is 0 Å². The predicted octanol–water partition coefficient (Wildman–Crippen LogP) is 3.00. The van der Waals surface area contributed by atoms with E-state index in [1.165, 1.54) is 0 Å². The normalized spacial score (nSPS) is 17.1. The zero-order chi connectivity index (χ0) is 12.5. The second-order valence-corrected chi connectivity index (χ2v) is 4.64. The Labute approximate surface area is 98.3 Å². The third-order valence-corrected chi connectivity index (χ3v) is 3.30. The van der Waals surface area contributed by atoms with Crippen LogP contribution < -0.4 is 0 Å². The molecule has 1 aromatic carbocycles. The monoisotopic (exact) mass is 240 g/mol. The number of hydrogen-bond donors (Lipinski definition) is 1. The predicted molar refractivity (Wildman–Crippen MR) is 59.3 cm³/mol. The first-order chi connectivity index (χ1) is 8.02. The van der Waals surface area contributed by atoms with Crippen LogP contribution in [0.2, 0.25) is 0 Å². The Kier molecular flexibility index (Phi) is 3.13. The lowest BCUT2D eigenvalue weighted by Gasteiger charge is -2.13. The third-order valence-electron chi connectivity index (χ3n) is 3.30. The van der Waals surface area contributed by atoms with Crippen LogP contribution in [0.3, 0.4) is 0 Å². The molecule has 2 rings (SSSR count). The topological polar surface area (TPSA) is 37.3 Å². The molecule has 1 N–H and O–H groups in total. The number of carboxylic acids is 1. The Bertz CT molecular complexity index is 408. The van der Waals surface area contributed by atoms with E-state index in [9.17, 15) is 13.6 Å². The molecule has 0 amide bonds. The van der Waals surface area contributed by atoms with Gasteiger partial charge in [-0.3, -0.25) is 4.79 Å². The fraction of sp³-hybridized carbons (Fsp3) is 0.462. The van der Waals surface area contributed by atoms with Crippen LogP contribution in [0.1, 0.15) is 30.4 Å². The zero-order valence-electron chi connectivity index (χ0n) is 9.33. The van der Waals surface area contributed by atoms with Crippen LogP contribution in [0.5, 0.6) is 0 Å². The molecule has 0 heterocycles. The summed E-state index contributed by atoms with van der Waals surface area (Å²) in [5.41, 5.74) is 1.31. The van der Waals surface area contributed by atoms with E-state index in [1.807, 2.05) is 0 Å². The van der Waals surface area contributed by atoms with E-state index >= 15 is 0 Å². The smallest absolute Gasteiger partial charge is 0.304 e. The lowest BCUT2D eigenvalue weighted by Crippen LogP contribution is -2.12. The highest BCUT2D eigenvalue weighted by Gasteiger charge is 2.45. The average Bonchev–Trinajstić information content (AvgIpc) is 2.98. The molecule has 0 bridgehead atoms. The van der Waals surface area contributed by atoms with E-state index in [0.29, 0.717) is 5.56 Å². The van der Waals surface area contributed by atoms with Gasteiger partial charge >= 0.3 is 5.97 Å². The maximum atomic E-state index is 12.2. The van der Waals surface area contributed by atoms with Crippen molar-refractivity contribution in [3.05, 3.63) is 35.4 Å². The van der Waals surface area contributed by atoms with Gasteiger partial charge in [0.15, 0.2) is 0 Å². The van der Waals surface area contributed by atoms with E-state index in [4.69, 9.17) is 5.11 Å². The molecule has 0 atom stereocenters. The minimum Gasteiger partial charge on any atom is -0.481 e. The van der Waals surface area contributed by atoms with Crippen molar-refractivity contribution in [1.82, 2.24) is 0 Å². The average molecular weight is 240 g/mol. The van der Waals surface area contributed by atoms with Gasteiger partial charge < -0.3 is 5.11 Å². The molecular formula is C13H14F2O2. The van der Waals surface area contributed by atoms with Crippen molar-refractivity contribution < 1.29 is 18.7 Å². The number of alkyl halides is 2. The van der Waals surface area contributed by atoms with Gasteiger partial charge in [-0.05, 0) is 24.0 Å². The Hall–Kier alpha value is -1.45. The summed E-state index contributed by atoms with van der Waals surface area (Å²) in [6.07, 6.45) is -0.719. The van der Waals surface area contributed by atoms with Crippen molar-refractivity contribution in [2.24, 2.45) is 0 Å². The van der Waals surface area contributed by atoms with Crippen molar-refractivity contribution in [3.63, 3.8) is 0 Å². The number of carbonyl (C=O) groups is 1. The highest BCUT2D eigenvalue weighted by molar-refractivity contribution is 5.70. The SMILES string of the molecule is O=C(O)CC1(c2ccc(CC(F)F)cc2)CC1. The number of hydrogen-bond acceptors (Lipinski definition) is 1. The Morgan fingerprint density at radius 1 is 1.29 bits per heavy atom. The lowest BCUT2D eigenvalue weighted by molar-refractivity contribution is -0.137. The van der Waals surface area contributed by atoms with Gasteiger partial charge in [0.05, 0.1) is 6.42 Å². The third kappa shape index (κ3) is 2.81. The van der Waals surface area contributed by atoms with Gasteiger partial charge in [0, 0.05) is 11.8 Å². The van der Waals surface area contributed by atoms with Crippen LogP contribution >= 0.6 is 0 Å². The molecule has 1 fully saturated rings. The molecule has 0 spiro atoms. The summed E-state index contributed by atoms with van der Waals surface area (Å²) in [5.74, 6) is -0.806. The fourth-order valence-electron chi connectivity index (χ4n) is 2.18. The first-order valence-electron chi connectivity index (χ1n) is 5.61. The summed E-state index contributed by atoms with van der Waals surface area (Å²) in [6.45, 7) is 0. The Morgan fingerprint density at radius 3 is 2.29 bits per heavy atom. The zero-order valence-corrected chi connectivity index (χ0v) is 9.33. The van der Waals surface area contributed by atoms with Crippen molar-refractivity contribution in [2.75, 3.05) is 0 Å². The summed E-state index contributed by atoms with van der Waals surface area (Å²) in [7, 11) is 0. The number of halogens is 2. The minimum absolute atomic E-state index is 0.126. The fourth-order valence-corrected chi connectivity index (χ4v) is 2.18. The van der Waals surface area contributed by atoms with Gasteiger partial charge in [-0.2, -0.15) is 0 Å². The van der Waals surface area contributed by atoms with Crippen molar-refractivity contribution in [2.45, 2.75) is 37.5 Å². The van der Waals surface area contributed by atoms with E-state index in [0.717, 1.165) is 18.4 Å². The number of carboxylic acid groups (broad SMARTS) is 1. The molecule has 1 aromatic rings. The first-order valence-corrected chi connectivity index (χ1v) is 5.61. The maximum absolute atomic E-state index is 12.2. The van der Waals surface area contributed by atoms with Crippen molar-refractivity contribution in [1.29, 1.82) is 0 Å². The summed E-state index contributed by atoms with van der Waals surface area (Å²) in [5, 5.41) is 8.82. The van der Waals surface area contributed by atoms with Gasteiger partial charge in [-0.25, -0.2) is 8.78 Å². The van der Waals surface area contributed by atoms with Crippen LogP contribution in [0.25, 0.3) is 0 Å². The summed E-state index contributed by atoms with van der Waals surface area (Å²) in [6, 6.07) is 6.91. The molecule has 1 saturated carbocycles. The quantitative estimate of drug-likeness (QED) is 0.859. The van der Waals surface area contributed by atoms with E-state index in [1.54, 1.807) is 24.3 Å². The largest absolute Gasteiger partial charge is 0.481 e. The molecule has 1 aliphatic rings. The van der Waals surface area contributed by atoms with Gasteiger partial charge in [-0.1, -0.05) is 24.3 Å². The van der Waals surface area contributed by atoms with Gasteiger partial charge in [0.2, 0.25) is 6.43 Å². The van der Waals surface area contributed by atoms with Crippen LogP contribution in [-0.2, 0) is 16.6 Å². The Morgan fingerprint density at radius 2 is 1.88 bits per heavy atom. The molecule has 17 heavy (non-hydrogen) atoms. The molecule has 0 aliphatic heterocycles. The molecule has 0 aromatic heterocycles. The molecule has 0 radical (unpaired) electrons. The van der Waals surface area contributed by atoms with E-state index in [-0.39, 0.29) is 18.3 Å². The summed E-state index contributed by atoms with van der Waals surface area (Å²) in [4.78, 5) is 10.7. The van der Waals surface area contributed by atoms with Crippen LogP contribution in [0.4, 0.5) is 8.78 Å². The number of benzene rings is 1. The molecule has 0 unspecified atom stereocenters. The second-order valence-electron chi connectivity index (χ2n) is 4.64. The Balaban J connectivity index is 2.10. The maximum Gasteiger partial charge on any atom is 0.304 e. The van der Waals surface area contributed by atoms with E-state index < -0.39 is 12.4 Å². The molecule has 2 nitrogen and oxygen atoms in total. The standard InChI is InChI=1S/C13H14F2O2/c14-11(15)7-9-1-3-10(4-2-9)13(5-6-13)8-12(16)17/h1-4,11H,5-8H2,(H,16,17). The second kappa shape index (κ2) is 4.43. The number of aliphatic carboxylic acids is 1. The van der Waals surface area contributed by atoms with E-state index in [2.05, 4.69) is 0 Å². The van der Waals surface area contributed by atoms with Gasteiger partial charge in [-0.15, -0.1) is 0 Å². The molecule has 4 heteroatoms. The van der Waals surface area contributed by atoms with Crippen LogP contribution in [0.15, 0.2) is 24.3 Å². The van der Waals surface area contributed by atoms with Gasteiger partial charge in [0.1, 0.15) is 0 Å². The van der Waals surface area contributed by atoms with Crippen LogP contribution in [-0.4, -0.2) is 17.5 Å². The highest BCUT2D eigenvalue weighted by atomic mass is 19.3. The summed E-state index contributed by atoms with van der Waals surface area (Å²) < 4.78 is 24.3. The molecule has 0 saturated heterocycles. The molecule has 1 aliphatic carbocycles. The summed E-state index contributed by atoms with van der Waals surface area (Å²) >= 11 is 0. The van der Waals surface area contributed by atoms with Crippen molar-refractivity contribution >= 4 is 5.97 Å². The lowest BCUT2D eigenvalue weighted by atomic mass is 9.91. The van der Waals surface area contributed by atoms with Gasteiger partial charge in [0.25, 0.3) is 0 Å². The molecular weight excluding hydrogens is 226 g/mol. The minimum atomic E-state index is -2.34. The number of rotatable bonds is 5. The van der Waals surface area contributed by atoms with Crippen molar-refractivity contribution in [3.8, 4) is 0 Å².